The molecule has 2 aromatic rings. The van der Waals surface area contributed by atoms with Gasteiger partial charge < -0.3 is 5.11 Å². The summed E-state index contributed by atoms with van der Waals surface area (Å²) in [5, 5.41) is 9.39. The van der Waals surface area contributed by atoms with E-state index in [0.717, 1.165) is 5.56 Å². The number of hydrogen-bond donors (Lipinski definition) is 1. The first-order valence-corrected chi connectivity index (χ1v) is 9.99. The van der Waals surface area contributed by atoms with Crippen LogP contribution < -0.4 is 0 Å². The quantitative estimate of drug-likeness (QED) is 0.843. The van der Waals surface area contributed by atoms with Crippen molar-refractivity contribution in [3.8, 4) is 0 Å². The number of carboxylic acids is 1. The third-order valence-corrected chi connectivity index (χ3v) is 6.77. The Kier molecular flexibility index (Phi) is 5.62. The summed E-state index contributed by atoms with van der Waals surface area (Å²) < 4.78 is 26.8. The highest BCUT2D eigenvalue weighted by atomic mass is 35.5. The predicted molar refractivity (Wildman–Crippen MR) is 98.9 cm³/mol. The zero-order chi connectivity index (χ0) is 18.7. The number of aromatic carboxylic acids is 1. The smallest absolute Gasteiger partial charge is 0.337 e. The zero-order valence-electron chi connectivity index (χ0n) is 14.0. The largest absolute Gasteiger partial charge is 0.478 e. The molecular weight excluding hydrogens is 376 g/mol. The van der Waals surface area contributed by atoms with Gasteiger partial charge in [0.05, 0.1) is 15.5 Å². The van der Waals surface area contributed by atoms with Crippen molar-refractivity contribution < 1.29 is 18.3 Å². The Bertz CT molecular complexity index is 895. The molecule has 3 rings (SSSR count). The third kappa shape index (κ3) is 3.91. The standard InChI is InChI=1S/C18H19ClN2O4S/c19-17-14(5-4-8-16(17)18(22)23)13-20-9-11-21(12-10-20)26(24,25)15-6-2-1-3-7-15/h1-8H,9-13H2,(H,22,23). The molecule has 1 heterocycles. The molecule has 0 bridgehead atoms. The van der Waals surface area contributed by atoms with Gasteiger partial charge in [0.2, 0.25) is 10.0 Å². The fourth-order valence-electron chi connectivity index (χ4n) is 2.98. The van der Waals surface area contributed by atoms with Crippen LogP contribution in [0.1, 0.15) is 15.9 Å². The van der Waals surface area contributed by atoms with Crippen molar-refractivity contribution in [2.75, 3.05) is 26.2 Å². The molecule has 1 N–H and O–H groups in total. The lowest BCUT2D eigenvalue weighted by atomic mass is 10.1. The van der Waals surface area contributed by atoms with Crippen LogP contribution in [-0.4, -0.2) is 54.9 Å². The second-order valence-corrected chi connectivity index (χ2v) is 8.39. The minimum Gasteiger partial charge on any atom is -0.478 e. The van der Waals surface area contributed by atoms with Crippen molar-refractivity contribution >= 4 is 27.6 Å². The molecule has 6 nitrogen and oxygen atoms in total. The number of halogens is 1. The van der Waals surface area contributed by atoms with E-state index in [0.29, 0.717) is 37.6 Å². The highest BCUT2D eigenvalue weighted by Crippen LogP contribution is 2.24. The average molecular weight is 395 g/mol. The van der Waals surface area contributed by atoms with Crippen LogP contribution in [0.25, 0.3) is 0 Å². The Morgan fingerprint density at radius 2 is 1.65 bits per heavy atom. The van der Waals surface area contributed by atoms with E-state index in [2.05, 4.69) is 4.90 Å². The molecule has 138 valence electrons. The lowest BCUT2D eigenvalue weighted by Gasteiger charge is -2.34. The summed E-state index contributed by atoms with van der Waals surface area (Å²) in [6.07, 6.45) is 0. The lowest BCUT2D eigenvalue weighted by molar-refractivity contribution is 0.0696. The Balaban J connectivity index is 1.67. The Morgan fingerprint density at radius 3 is 2.27 bits per heavy atom. The van der Waals surface area contributed by atoms with E-state index >= 15 is 0 Å². The van der Waals surface area contributed by atoms with Gasteiger partial charge in [-0.15, -0.1) is 0 Å². The van der Waals surface area contributed by atoms with Crippen molar-refractivity contribution in [3.63, 3.8) is 0 Å². The average Bonchev–Trinajstić information content (AvgIpc) is 2.64. The van der Waals surface area contributed by atoms with Gasteiger partial charge >= 0.3 is 5.97 Å². The van der Waals surface area contributed by atoms with Crippen LogP contribution in [0.4, 0.5) is 0 Å². The number of rotatable bonds is 5. The first-order chi connectivity index (χ1) is 12.4. The Morgan fingerprint density at radius 1 is 1.00 bits per heavy atom. The molecule has 1 aliphatic heterocycles. The highest BCUT2D eigenvalue weighted by Gasteiger charge is 2.28. The fraction of sp³-hybridized carbons (Fsp3) is 0.278. The maximum atomic E-state index is 12.6. The van der Waals surface area contributed by atoms with Crippen LogP contribution in [0.15, 0.2) is 53.4 Å². The van der Waals surface area contributed by atoms with Crippen molar-refractivity contribution in [1.82, 2.24) is 9.21 Å². The third-order valence-electron chi connectivity index (χ3n) is 4.42. The van der Waals surface area contributed by atoms with Gasteiger partial charge in [0.15, 0.2) is 0 Å². The van der Waals surface area contributed by atoms with E-state index in [9.17, 15) is 13.2 Å². The molecule has 0 radical (unpaired) electrons. The number of piperazine rings is 1. The normalized spacial score (nSPS) is 16.5. The van der Waals surface area contributed by atoms with Crippen molar-refractivity contribution in [3.05, 3.63) is 64.7 Å². The molecule has 0 saturated carbocycles. The molecule has 1 fully saturated rings. The summed E-state index contributed by atoms with van der Waals surface area (Å²) in [4.78, 5) is 13.6. The zero-order valence-corrected chi connectivity index (χ0v) is 15.6. The molecule has 8 heteroatoms. The SMILES string of the molecule is O=C(O)c1cccc(CN2CCN(S(=O)(=O)c3ccccc3)CC2)c1Cl. The molecule has 0 atom stereocenters. The summed E-state index contributed by atoms with van der Waals surface area (Å²) in [6.45, 7) is 2.36. The molecule has 0 unspecified atom stereocenters. The van der Waals surface area contributed by atoms with Gasteiger partial charge in [-0.1, -0.05) is 41.9 Å². The second-order valence-electron chi connectivity index (χ2n) is 6.08. The maximum absolute atomic E-state index is 12.6. The Labute approximate surface area is 157 Å². The number of carboxylic acid groups (broad SMARTS) is 1. The van der Waals surface area contributed by atoms with Gasteiger partial charge in [0, 0.05) is 32.7 Å². The van der Waals surface area contributed by atoms with Gasteiger partial charge in [-0.05, 0) is 23.8 Å². The maximum Gasteiger partial charge on any atom is 0.337 e. The number of nitrogens with zero attached hydrogens (tertiary/aromatic N) is 2. The molecule has 0 amide bonds. The van der Waals surface area contributed by atoms with Crippen molar-refractivity contribution in [1.29, 1.82) is 0 Å². The number of sulfonamides is 1. The van der Waals surface area contributed by atoms with Gasteiger partial charge in [-0.3, -0.25) is 4.90 Å². The summed E-state index contributed by atoms with van der Waals surface area (Å²) in [5.41, 5.74) is 0.806. The number of hydrogen-bond acceptors (Lipinski definition) is 4. The number of benzene rings is 2. The summed E-state index contributed by atoms with van der Waals surface area (Å²) in [6, 6.07) is 13.3. The summed E-state index contributed by atoms with van der Waals surface area (Å²) >= 11 is 6.19. The van der Waals surface area contributed by atoms with Crippen molar-refractivity contribution in [2.45, 2.75) is 11.4 Å². The Hall–Kier alpha value is -1.93. The molecule has 2 aromatic carbocycles. The van der Waals surface area contributed by atoms with Crippen LogP contribution in [0.5, 0.6) is 0 Å². The molecular formula is C18H19ClN2O4S. The summed E-state index contributed by atoms with van der Waals surface area (Å²) in [5.74, 6) is -1.06. The van der Waals surface area contributed by atoms with E-state index in [1.54, 1.807) is 42.5 Å². The van der Waals surface area contributed by atoms with Crippen LogP contribution >= 0.6 is 11.6 Å². The van der Waals surface area contributed by atoms with E-state index < -0.39 is 16.0 Å². The van der Waals surface area contributed by atoms with Crippen LogP contribution in [0.3, 0.4) is 0 Å². The van der Waals surface area contributed by atoms with Crippen LogP contribution in [0.2, 0.25) is 5.02 Å². The first kappa shape index (κ1) is 18.8. The molecule has 1 aliphatic rings. The van der Waals surface area contributed by atoms with Gasteiger partial charge in [0.25, 0.3) is 0 Å². The molecule has 0 aliphatic carbocycles. The predicted octanol–water partition coefficient (Wildman–Crippen LogP) is 2.54. The fourth-order valence-corrected chi connectivity index (χ4v) is 4.69. The topological polar surface area (TPSA) is 77.9 Å². The van der Waals surface area contributed by atoms with E-state index in [-0.39, 0.29) is 10.6 Å². The monoisotopic (exact) mass is 394 g/mol. The van der Waals surface area contributed by atoms with E-state index in [4.69, 9.17) is 16.7 Å². The molecule has 26 heavy (non-hydrogen) atoms. The first-order valence-electron chi connectivity index (χ1n) is 8.18. The second kappa shape index (κ2) is 7.75. The van der Waals surface area contributed by atoms with E-state index in [1.165, 1.54) is 10.4 Å². The minimum atomic E-state index is -3.48. The number of carbonyl (C=O) groups is 1. The van der Waals surface area contributed by atoms with Crippen LogP contribution in [0, 0.1) is 0 Å². The minimum absolute atomic E-state index is 0.0782. The lowest BCUT2D eigenvalue weighted by Crippen LogP contribution is -2.48. The van der Waals surface area contributed by atoms with Gasteiger partial charge in [-0.2, -0.15) is 4.31 Å². The van der Waals surface area contributed by atoms with Crippen molar-refractivity contribution in [2.24, 2.45) is 0 Å². The highest BCUT2D eigenvalue weighted by molar-refractivity contribution is 7.89. The van der Waals surface area contributed by atoms with Crippen LogP contribution in [-0.2, 0) is 16.6 Å². The molecule has 0 aromatic heterocycles. The van der Waals surface area contributed by atoms with Gasteiger partial charge in [-0.25, -0.2) is 13.2 Å². The van der Waals surface area contributed by atoms with E-state index in [1.807, 2.05) is 0 Å². The molecule has 1 saturated heterocycles. The molecule has 0 spiro atoms. The summed E-state index contributed by atoms with van der Waals surface area (Å²) in [7, 11) is -3.48. The van der Waals surface area contributed by atoms with Gasteiger partial charge in [0.1, 0.15) is 0 Å².